The van der Waals surface area contributed by atoms with Crippen molar-refractivity contribution < 1.29 is 9.66 Å². The number of nitro benzene ring substituents is 1. The van der Waals surface area contributed by atoms with Crippen LogP contribution in [0.3, 0.4) is 0 Å². The first-order valence-electron chi connectivity index (χ1n) is 3.59. The SMILES string of the molecule is COc1ccc(N=C=S)cc1[N+](=O)[O-]. The van der Waals surface area contributed by atoms with Crippen LogP contribution >= 0.6 is 12.2 Å². The van der Waals surface area contributed by atoms with Gasteiger partial charge in [0.1, 0.15) is 0 Å². The van der Waals surface area contributed by atoms with Gasteiger partial charge in [0.2, 0.25) is 0 Å². The molecule has 6 heteroatoms. The quantitative estimate of drug-likeness (QED) is 0.332. The van der Waals surface area contributed by atoms with Gasteiger partial charge in [-0.3, -0.25) is 10.1 Å². The number of rotatable bonds is 3. The number of hydrogen-bond donors (Lipinski definition) is 0. The Morgan fingerprint density at radius 3 is 2.86 bits per heavy atom. The van der Waals surface area contributed by atoms with Gasteiger partial charge in [-0.25, -0.2) is 0 Å². The highest BCUT2D eigenvalue weighted by molar-refractivity contribution is 7.78. The Kier molecular flexibility index (Phi) is 3.28. The molecule has 5 nitrogen and oxygen atoms in total. The van der Waals surface area contributed by atoms with Gasteiger partial charge in [-0.1, -0.05) is 0 Å². The molecule has 0 spiro atoms. The van der Waals surface area contributed by atoms with E-state index in [1.807, 2.05) is 0 Å². The standard InChI is InChI=1S/C8H6N2O3S/c1-13-8-3-2-6(9-5-14)4-7(8)10(11)12/h2-4H,1H3. The van der Waals surface area contributed by atoms with Crippen LogP contribution in [0.25, 0.3) is 0 Å². The minimum absolute atomic E-state index is 0.140. The third-order valence-electron chi connectivity index (χ3n) is 1.53. The molecule has 0 N–H and O–H groups in total. The topological polar surface area (TPSA) is 64.7 Å². The predicted molar refractivity (Wildman–Crippen MR) is 54.3 cm³/mol. The largest absolute Gasteiger partial charge is 0.490 e. The average molecular weight is 210 g/mol. The fourth-order valence-electron chi connectivity index (χ4n) is 0.943. The van der Waals surface area contributed by atoms with E-state index in [1.165, 1.54) is 19.2 Å². The minimum atomic E-state index is -0.540. The molecule has 0 saturated heterocycles. The third-order valence-corrected chi connectivity index (χ3v) is 1.63. The van der Waals surface area contributed by atoms with Crippen molar-refractivity contribution in [1.82, 2.24) is 0 Å². The lowest BCUT2D eigenvalue weighted by molar-refractivity contribution is -0.385. The van der Waals surface area contributed by atoms with Gasteiger partial charge < -0.3 is 4.74 Å². The van der Waals surface area contributed by atoms with E-state index in [0.717, 1.165) is 0 Å². The Hall–Kier alpha value is -1.78. The summed E-state index contributed by atoms with van der Waals surface area (Å²) in [6, 6.07) is 4.30. The molecule has 1 aromatic carbocycles. The number of benzene rings is 1. The van der Waals surface area contributed by atoms with E-state index in [-0.39, 0.29) is 11.4 Å². The number of nitro groups is 1. The summed E-state index contributed by atoms with van der Waals surface area (Å²) in [7, 11) is 1.37. The molecule has 1 aromatic rings. The van der Waals surface area contributed by atoms with Gasteiger partial charge in [0, 0.05) is 6.07 Å². The summed E-state index contributed by atoms with van der Waals surface area (Å²) >= 11 is 4.39. The normalized spacial score (nSPS) is 8.93. The molecule has 1 rings (SSSR count). The summed E-state index contributed by atoms with van der Waals surface area (Å²) in [5, 5.41) is 12.7. The highest BCUT2D eigenvalue weighted by Gasteiger charge is 2.14. The zero-order valence-electron chi connectivity index (χ0n) is 7.26. The molecule has 0 fully saturated rings. The molecule has 0 saturated carbocycles. The van der Waals surface area contributed by atoms with E-state index >= 15 is 0 Å². The predicted octanol–water partition coefficient (Wildman–Crippen LogP) is 2.34. The molecule has 0 bridgehead atoms. The van der Waals surface area contributed by atoms with Crippen molar-refractivity contribution in [3.8, 4) is 5.75 Å². The maximum absolute atomic E-state index is 10.6. The van der Waals surface area contributed by atoms with E-state index in [9.17, 15) is 10.1 Å². The summed E-state index contributed by atoms with van der Waals surface area (Å²) in [6.45, 7) is 0. The van der Waals surface area contributed by atoms with Gasteiger partial charge >= 0.3 is 5.69 Å². The molecule has 0 heterocycles. The minimum Gasteiger partial charge on any atom is -0.490 e. The zero-order chi connectivity index (χ0) is 10.6. The molecule has 0 atom stereocenters. The molecule has 0 unspecified atom stereocenters. The van der Waals surface area contributed by atoms with Crippen molar-refractivity contribution in [2.24, 2.45) is 4.99 Å². The first kappa shape index (κ1) is 10.3. The molecular formula is C8H6N2O3S. The Morgan fingerprint density at radius 2 is 2.36 bits per heavy atom. The van der Waals surface area contributed by atoms with Gasteiger partial charge in [-0.2, -0.15) is 4.99 Å². The van der Waals surface area contributed by atoms with Crippen LogP contribution in [0.1, 0.15) is 0 Å². The summed E-state index contributed by atoms with van der Waals surface area (Å²) < 4.78 is 4.81. The van der Waals surface area contributed by atoms with Crippen LogP contribution in [0, 0.1) is 10.1 Å². The first-order chi connectivity index (χ1) is 6.69. The Balaban J connectivity index is 3.27. The van der Waals surface area contributed by atoms with Crippen molar-refractivity contribution >= 4 is 28.8 Å². The Morgan fingerprint density at radius 1 is 1.64 bits per heavy atom. The van der Waals surface area contributed by atoms with Gasteiger partial charge in [0.25, 0.3) is 0 Å². The van der Waals surface area contributed by atoms with E-state index in [0.29, 0.717) is 5.69 Å². The zero-order valence-corrected chi connectivity index (χ0v) is 8.08. The number of hydrogen-bond acceptors (Lipinski definition) is 5. The molecule has 0 amide bonds. The van der Waals surface area contributed by atoms with Gasteiger partial charge in [0.05, 0.1) is 22.9 Å². The Labute approximate surface area is 85.2 Å². The van der Waals surface area contributed by atoms with Crippen molar-refractivity contribution in [3.05, 3.63) is 28.3 Å². The molecule has 0 aromatic heterocycles. The lowest BCUT2D eigenvalue weighted by atomic mass is 10.2. The molecule has 0 aliphatic rings. The third kappa shape index (κ3) is 2.12. The van der Waals surface area contributed by atoms with Crippen molar-refractivity contribution in [2.45, 2.75) is 0 Å². The molecular weight excluding hydrogens is 204 g/mol. The van der Waals surface area contributed by atoms with Crippen LogP contribution < -0.4 is 4.74 Å². The lowest BCUT2D eigenvalue weighted by Crippen LogP contribution is -1.92. The van der Waals surface area contributed by atoms with Crippen molar-refractivity contribution in [3.63, 3.8) is 0 Å². The van der Waals surface area contributed by atoms with E-state index in [1.54, 1.807) is 6.07 Å². The van der Waals surface area contributed by atoms with Crippen LogP contribution in [0.5, 0.6) is 5.75 Å². The number of nitrogens with zero attached hydrogens (tertiary/aromatic N) is 2. The van der Waals surface area contributed by atoms with Gasteiger partial charge in [-0.15, -0.1) is 0 Å². The number of methoxy groups -OCH3 is 1. The molecule has 0 aliphatic heterocycles. The van der Waals surface area contributed by atoms with Gasteiger partial charge in [-0.05, 0) is 24.4 Å². The number of ether oxygens (including phenoxy) is 1. The van der Waals surface area contributed by atoms with Gasteiger partial charge in [0.15, 0.2) is 5.75 Å². The average Bonchev–Trinajstić information content (AvgIpc) is 2.18. The van der Waals surface area contributed by atoms with Crippen molar-refractivity contribution in [1.29, 1.82) is 0 Å². The number of isothiocyanates is 1. The fourth-order valence-corrected chi connectivity index (χ4v) is 1.05. The summed E-state index contributed by atoms with van der Waals surface area (Å²) in [5.41, 5.74) is 0.242. The van der Waals surface area contributed by atoms with E-state index in [2.05, 4.69) is 22.4 Å². The molecule has 14 heavy (non-hydrogen) atoms. The fraction of sp³-hybridized carbons (Fsp3) is 0.125. The summed E-state index contributed by atoms with van der Waals surface area (Å²) in [4.78, 5) is 13.7. The second-order valence-electron chi connectivity index (χ2n) is 2.32. The highest BCUT2D eigenvalue weighted by atomic mass is 32.1. The Bertz CT molecular complexity index is 413. The second kappa shape index (κ2) is 4.45. The van der Waals surface area contributed by atoms with Crippen LogP contribution in [0.4, 0.5) is 11.4 Å². The number of aliphatic imine (C=N–C) groups is 1. The molecule has 0 aliphatic carbocycles. The van der Waals surface area contributed by atoms with Crippen LogP contribution in [0.2, 0.25) is 0 Å². The van der Waals surface area contributed by atoms with E-state index < -0.39 is 4.92 Å². The summed E-state index contributed by atoms with van der Waals surface area (Å²) in [5.74, 6) is 0.193. The maximum atomic E-state index is 10.6. The first-order valence-corrected chi connectivity index (χ1v) is 4.00. The highest BCUT2D eigenvalue weighted by Crippen LogP contribution is 2.30. The van der Waals surface area contributed by atoms with Crippen LogP contribution in [-0.2, 0) is 0 Å². The summed E-state index contributed by atoms with van der Waals surface area (Å²) in [6.07, 6.45) is 0. The second-order valence-corrected chi connectivity index (χ2v) is 2.50. The van der Waals surface area contributed by atoms with Crippen LogP contribution in [0.15, 0.2) is 23.2 Å². The smallest absolute Gasteiger partial charge is 0.313 e. The molecule has 72 valence electrons. The van der Waals surface area contributed by atoms with E-state index in [4.69, 9.17) is 4.74 Å². The lowest BCUT2D eigenvalue weighted by Gasteiger charge is -2.00. The maximum Gasteiger partial charge on any atom is 0.313 e. The van der Waals surface area contributed by atoms with Crippen molar-refractivity contribution in [2.75, 3.05) is 7.11 Å². The van der Waals surface area contributed by atoms with Crippen LogP contribution in [-0.4, -0.2) is 17.2 Å². The monoisotopic (exact) mass is 210 g/mol. The molecule has 0 radical (unpaired) electrons. The number of thiocarbonyl (C=S) groups is 1.